The molecule has 45 heavy (non-hydrogen) atoms. The Morgan fingerprint density at radius 2 is 0.978 bits per heavy atom. The Morgan fingerprint density at radius 3 is 1.29 bits per heavy atom. The summed E-state index contributed by atoms with van der Waals surface area (Å²) in [6, 6.07) is -1.31. The number of amides is 1. The summed E-state index contributed by atoms with van der Waals surface area (Å²) in [5.74, 6) is -2.17. The molecule has 0 spiro atoms. The Hall–Kier alpha value is -0.710. The monoisotopic (exact) mass is 653 g/mol. The number of carbonyl (C=O) groups is 3. The fraction of sp³-hybridized carbons (Fsp3) is 0.914. The third-order valence-corrected chi connectivity index (χ3v) is 8.27. The van der Waals surface area contributed by atoms with Crippen LogP contribution in [0.4, 0.5) is 0 Å². The Morgan fingerprint density at radius 1 is 0.600 bits per heavy atom. The van der Waals surface area contributed by atoms with Gasteiger partial charge in [0.25, 0.3) is 0 Å². The van der Waals surface area contributed by atoms with Gasteiger partial charge in [-0.05, 0) is 51.7 Å². The van der Waals surface area contributed by atoms with E-state index in [0.29, 0.717) is 19.4 Å². The van der Waals surface area contributed by atoms with E-state index in [4.69, 9.17) is 22.3 Å². The molecule has 9 nitrogen and oxygen atoms in total. The fourth-order valence-electron chi connectivity index (χ4n) is 5.40. The molecule has 8 N–H and O–H groups in total. The van der Waals surface area contributed by atoms with Crippen molar-refractivity contribution in [1.29, 1.82) is 0 Å². The van der Waals surface area contributed by atoms with E-state index in [-0.39, 0.29) is 37.4 Å². The quantitative estimate of drug-likeness (QED) is 0.0522. The van der Waals surface area contributed by atoms with E-state index >= 15 is 0 Å². The van der Waals surface area contributed by atoms with Gasteiger partial charge in [-0.2, -0.15) is 0 Å². The van der Waals surface area contributed by atoms with Crippen molar-refractivity contribution in [3.8, 4) is 0 Å². The summed E-state index contributed by atoms with van der Waals surface area (Å²) in [6.45, 7) is 6.73. The molecule has 1 amide bonds. The molecule has 264 valence electrons. The summed E-state index contributed by atoms with van der Waals surface area (Å²) < 4.78 is 0. The Labute approximate surface area is 300 Å². The first-order valence-corrected chi connectivity index (χ1v) is 18.1. The van der Waals surface area contributed by atoms with Crippen LogP contribution < -0.4 is 46.8 Å². The van der Waals surface area contributed by atoms with Crippen LogP contribution in [0.1, 0.15) is 176 Å². The van der Waals surface area contributed by atoms with Gasteiger partial charge in [0.05, 0.1) is 0 Å². The topological polar surface area (TPSA) is 173 Å². The average Bonchev–Trinajstić information content (AvgIpc) is 2.98. The van der Waals surface area contributed by atoms with Crippen LogP contribution in [0.2, 0.25) is 0 Å². The number of hydrogen-bond donors (Lipinski definition) is 5. The number of unbranched alkanes of at least 4 members (excludes halogenated alkanes) is 19. The van der Waals surface area contributed by atoms with Gasteiger partial charge >= 0.3 is 41.5 Å². The minimum atomic E-state index is -0.933. The molecule has 2 atom stereocenters. The molecule has 0 heterocycles. The minimum absolute atomic E-state index is 0. The first-order valence-electron chi connectivity index (χ1n) is 18.1. The van der Waals surface area contributed by atoms with Crippen molar-refractivity contribution < 1.29 is 55.6 Å². The van der Waals surface area contributed by atoms with Crippen molar-refractivity contribution >= 4 is 17.8 Å². The van der Waals surface area contributed by atoms with Gasteiger partial charge < -0.3 is 28.8 Å². The minimum Gasteiger partial charge on any atom is -1.00 e. The Bertz CT molecular complexity index is 655. The standard InChI is InChI=1S/C29H58N2O3.C6H14N2O2.Na.H/c1-3-5-7-9-11-13-15-17-19-21-25-31(27(29(33)34)23-24-28(30)32)26-22-20-18-16-14-12-10-8-6-4-2;7-4-2-1-3-5(8)6(9)10;;/h27H,3-26H2,1-2H3,(H2,30,32)(H,33,34);5H,1-4,7-8H2,(H,9,10);;/q;;+1;-1/t27-;;;/m0.../s1. The molecule has 0 aliphatic carbocycles. The van der Waals surface area contributed by atoms with Crippen LogP contribution >= 0.6 is 0 Å². The molecule has 10 heteroatoms. The predicted octanol–water partition coefficient (Wildman–Crippen LogP) is 4.49. The molecule has 0 aliphatic heterocycles. The van der Waals surface area contributed by atoms with E-state index in [1.54, 1.807) is 0 Å². The SMILES string of the molecule is CCCCCCCCCCCCN(CCCCCCCCCCCC)[C@@H](CCC(N)=O)C(=O)O.NCCCCC(N)C(=O)O.[H-].[Na+]. The number of nitrogens with zero attached hydrogens (tertiary/aromatic N) is 1. The molecule has 0 aromatic carbocycles. The van der Waals surface area contributed by atoms with Crippen molar-refractivity contribution in [2.75, 3.05) is 19.6 Å². The molecule has 0 aliphatic rings. The summed E-state index contributed by atoms with van der Waals surface area (Å²) in [4.78, 5) is 35.4. The van der Waals surface area contributed by atoms with Crippen molar-refractivity contribution in [3.63, 3.8) is 0 Å². The molecule has 0 saturated heterocycles. The number of primary amides is 1. The van der Waals surface area contributed by atoms with Gasteiger partial charge in [-0.1, -0.05) is 136 Å². The summed E-state index contributed by atoms with van der Waals surface area (Å²) in [7, 11) is 0. The largest absolute Gasteiger partial charge is 1.00 e. The van der Waals surface area contributed by atoms with E-state index in [1.807, 2.05) is 0 Å². The molecule has 0 saturated carbocycles. The molecular formula is C35H73N4NaO5. The second-order valence-corrected chi connectivity index (χ2v) is 12.5. The number of carbonyl (C=O) groups excluding carboxylic acids is 1. The van der Waals surface area contributed by atoms with Gasteiger partial charge in [0, 0.05) is 6.42 Å². The molecule has 0 radical (unpaired) electrons. The number of carboxylic acids is 2. The zero-order valence-corrected chi connectivity index (χ0v) is 31.8. The molecule has 0 fully saturated rings. The third-order valence-electron chi connectivity index (χ3n) is 8.27. The van der Waals surface area contributed by atoms with Gasteiger partial charge in [0.1, 0.15) is 12.1 Å². The Balaban J connectivity index is -0.000000630. The fourth-order valence-corrected chi connectivity index (χ4v) is 5.40. The van der Waals surface area contributed by atoms with Crippen molar-refractivity contribution in [1.82, 2.24) is 4.90 Å². The maximum atomic E-state index is 11.9. The van der Waals surface area contributed by atoms with Crippen LogP contribution in [0, 0.1) is 0 Å². The van der Waals surface area contributed by atoms with Crippen LogP contribution in [0.15, 0.2) is 0 Å². The van der Waals surface area contributed by atoms with Crippen LogP contribution in [-0.2, 0) is 14.4 Å². The predicted molar refractivity (Wildman–Crippen MR) is 185 cm³/mol. The molecule has 0 rings (SSSR count). The number of aliphatic carboxylic acids is 2. The van der Waals surface area contributed by atoms with Gasteiger partial charge in [0.15, 0.2) is 0 Å². The van der Waals surface area contributed by atoms with Crippen LogP contribution in [0.25, 0.3) is 0 Å². The van der Waals surface area contributed by atoms with Crippen LogP contribution in [-0.4, -0.2) is 64.7 Å². The van der Waals surface area contributed by atoms with Crippen LogP contribution in [0.3, 0.4) is 0 Å². The molecular weight excluding hydrogens is 579 g/mol. The number of carboxylic acid groups (broad SMARTS) is 2. The normalized spacial score (nSPS) is 12.2. The second-order valence-electron chi connectivity index (χ2n) is 12.5. The van der Waals surface area contributed by atoms with Gasteiger partial charge in [-0.25, -0.2) is 0 Å². The van der Waals surface area contributed by atoms with Crippen LogP contribution in [0.5, 0.6) is 0 Å². The first kappa shape index (κ1) is 48.7. The number of nitrogens with two attached hydrogens (primary N) is 3. The molecule has 0 aromatic heterocycles. The first-order chi connectivity index (χ1) is 21.2. The van der Waals surface area contributed by atoms with E-state index in [2.05, 4.69) is 18.7 Å². The van der Waals surface area contributed by atoms with Crippen molar-refractivity contribution in [3.05, 3.63) is 0 Å². The van der Waals surface area contributed by atoms with Crippen molar-refractivity contribution in [2.24, 2.45) is 17.2 Å². The smallest absolute Gasteiger partial charge is 1.00 e. The summed E-state index contributed by atoms with van der Waals surface area (Å²) in [5, 5.41) is 18.1. The number of hydrogen-bond acceptors (Lipinski definition) is 6. The zero-order chi connectivity index (χ0) is 33.3. The zero-order valence-electron chi connectivity index (χ0n) is 30.8. The van der Waals surface area contributed by atoms with Gasteiger partial charge in [0.2, 0.25) is 5.91 Å². The summed E-state index contributed by atoms with van der Waals surface area (Å²) in [6.07, 6.45) is 28.2. The third kappa shape index (κ3) is 36.0. The van der Waals surface area contributed by atoms with E-state index < -0.39 is 29.9 Å². The maximum Gasteiger partial charge on any atom is 1.00 e. The van der Waals surface area contributed by atoms with Gasteiger partial charge in [-0.15, -0.1) is 0 Å². The molecule has 0 aromatic rings. The maximum absolute atomic E-state index is 11.9. The summed E-state index contributed by atoms with van der Waals surface area (Å²) in [5.41, 5.74) is 15.7. The van der Waals surface area contributed by atoms with E-state index in [9.17, 15) is 19.5 Å². The number of rotatable bonds is 32. The average molecular weight is 653 g/mol. The van der Waals surface area contributed by atoms with E-state index in [1.165, 1.54) is 103 Å². The van der Waals surface area contributed by atoms with Gasteiger partial charge in [-0.3, -0.25) is 19.3 Å². The molecule has 1 unspecified atom stereocenters. The van der Waals surface area contributed by atoms with E-state index in [0.717, 1.165) is 51.6 Å². The molecule has 0 bridgehead atoms. The van der Waals surface area contributed by atoms with Crippen molar-refractivity contribution in [2.45, 2.75) is 186 Å². The summed E-state index contributed by atoms with van der Waals surface area (Å²) >= 11 is 0. The Kier molecular flexibility index (Phi) is 40.8. The second kappa shape index (κ2) is 37.7.